The third-order valence-corrected chi connectivity index (χ3v) is 5.63. The number of rotatable bonds is 5. The molecular weight excluding hydrogens is 278 g/mol. The van der Waals surface area contributed by atoms with Crippen LogP contribution in [-0.4, -0.2) is 62.2 Å². The van der Waals surface area contributed by atoms with Crippen LogP contribution in [0.5, 0.6) is 0 Å². The maximum absolute atomic E-state index is 12.3. The van der Waals surface area contributed by atoms with E-state index >= 15 is 0 Å². The van der Waals surface area contributed by atoms with Gasteiger partial charge in [-0.05, 0) is 25.7 Å². The Morgan fingerprint density at radius 1 is 1.15 bits per heavy atom. The summed E-state index contributed by atoms with van der Waals surface area (Å²) in [6.07, 6.45) is 4.59. The lowest BCUT2D eigenvalue weighted by Crippen LogP contribution is -2.51. The predicted molar refractivity (Wildman–Crippen MR) is 78.9 cm³/mol. The lowest BCUT2D eigenvalue weighted by Gasteiger charge is -2.34. The number of hydrogen-bond acceptors (Lipinski definition) is 4. The average molecular weight is 303 g/mol. The molecule has 2 rings (SSSR count). The zero-order chi connectivity index (χ0) is 14.6. The van der Waals surface area contributed by atoms with Gasteiger partial charge in [-0.3, -0.25) is 10.3 Å². The zero-order valence-corrected chi connectivity index (χ0v) is 12.7. The summed E-state index contributed by atoms with van der Waals surface area (Å²) in [5.74, 6) is 0.164. The van der Waals surface area contributed by atoms with Gasteiger partial charge in [-0.15, -0.1) is 0 Å². The Balaban J connectivity index is 1.80. The summed E-state index contributed by atoms with van der Waals surface area (Å²) in [5, 5.41) is 7.28. The zero-order valence-electron chi connectivity index (χ0n) is 11.8. The van der Waals surface area contributed by atoms with E-state index < -0.39 is 10.2 Å². The van der Waals surface area contributed by atoms with E-state index in [1.165, 1.54) is 0 Å². The van der Waals surface area contributed by atoms with E-state index in [9.17, 15) is 8.42 Å². The minimum absolute atomic E-state index is 0.00475. The highest BCUT2D eigenvalue weighted by Crippen LogP contribution is 2.15. The van der Waals surface area contributed by atoms with Crippen LogP contribution in [0.2, 0.25) is 0 Å². The van der Waals surface area contributed by atoms with Gasteiger partial charge in [0, 0.05) is 32.2 Å². The summed E-state index contributed by atoms with van der Waals surface area (Å²) in [6.45, 7) is 3.32. The first-order chi connectivity index (χ1) is 9.47. The summed E-state index contributed by atoms with van der Waals surface area (Å²) in [4.78, 5) is 2.09. The fourth-order valence-electron chi connectivity index (χ4n) is 2.84. The van der Waals surface area contributed by atoms with Gasteiger partial charge < -0.3 is 5.73 Å². The molecule has 2 heterocycles. The number of nitrogens with two attached hydrogens (primary N) is 1. The van der Waals surface area contributed by atoms with Crippen LogP contribution >= 0.6 is 0 Å². The van der Waals surface area contributed by atoms with Crippen LogP contribution in [0.3, 0.4) is 0 Å². The molecule has 0 amide bonds. The molecule has 2 saturated heterocycles. The van der Waals surface area contributed by atoms with Crippen LogP contribution in [0, 0.1) is 5.41 Å². The molecule has 0 spiro atoms. The number of likely N-dealkylation sites (tertiary alicyclic amines) is 1. The molecule has 0 bridgehead atoms. The van der Waals surface area contributed by atoms with E-state index in [1.54, 1.807) is 4.31 Å². The van der Waals surface area contributed by atoms with E-state index in [-0.39, 0.29) is 11.9 Å². The molecule has 0 radical (unpaired) electrons. The van der Waals surface area contributed by atoms with Crippen molar-refractivity contribution in [3.63, 3.8) is 0 Å². The van der Waals surface area contributed by atoms with Crippen molar-refractivity contribution in [2.75, 3.05) is 32.7 Å². The molecule has 0 aliphatic carbocycles. The molecule has 0 aromatic heterocycles. The van der Waals surface area contributed by atoms with Crippen molar-refractivity contribution in [3.8, 4) is 0 Å². The molecule has 2 aliphatic heterocycles. The molecule has 2 fully saturated rings. The second kappa shape index (κ2) is 6.84. The quantitative estimate of drug-likeness (QED) is 0.479. The predicted octanol–water partition coefficient (Wildman–Crippen LogP) is -0.293. The summed E-state index contributed by atoms with van der Waals surface area (Å²) >= 11 is 0. The van der Waals surface area contributed by atoms with Crippen molar-refractivity contribution in [1.29, 1.82) is 5.41 Å². The SMILES string of the molecule is N=C(N)CN1CCC(NS(=O)(=O)N2CCCCC2)CC1. The Hall–Kier alpha value is -0.700. The minimum Gasteiger partial charge on any atom is -0.387 e. The topological polar surface area (TPSA) is 103 Å². The van der Waals surface area contributed by atoms with Gasteiger partial charge in [-0.25, -0.2) is 0 Å². The third-order valence-electron chi connectivity index (χ3n) is 3.95. The highest BCUT2D eigenvalue weighted by atomic mass is 32.2. The van der Waals surface area contributed by atoms with Gasteiger partial charge in [0.15, 0.2) is 0 Å². The van der Waals surface area contributed by atoms with Gasteiger partial charge in [-0.2, -0.15) is 17.4 Å². The Labute approximate surface area is 121 Å². The molecule has 0 aromatic rings. The average Bonchev–Trinajstić information content (AvgIpc) is 2.41. The first-order valence-corrected chi connectivity index (χ1v) is 8.74. The van der Waals surface area contributed by atoms with Gasteiger partial charge in [0.2, 0.25) is 0 Å². The molecule has 0 aromatic carbocycles. The van der Waals surface area contributed by atoms with Crippen molar-refractivity contribution in [1.82, 2.24) is 13.9 Å². The number of nitrogens with one attached hydrogen (secondary N) is 2. The maximum Gasteiger partial charge on any atom is 0.279 e. The molecular formula is C12H25N5O2S. The number of hydrogen-bond donors (Lipinski definition) is 3. The number of piperidine rings is 2. The van der Waals surface area contributed by atoms with Gasteiger partial charge in [-0.1, -0.05) is 6.42 Å². The first-order valence-electron chi connectivity index (χ1n) is 7.30. The van der Waals surface area contributed by atoms with Crippen molar-refractivity contribution < 1.29 is 8.42 Å². The van der Waals surface area contributed by atoms with Crippen molar-refractivity contribution in [2.45, 2.75) is 38.1 Å². The second-order valence-corrected chi connectivity index (χ2v) is 7.36. The molecule has 0 saturated carbocycles. The summed E-state index contributed by atoms with van der Waals surface area (Å²) < 4.78 is 28.9. The van der Waals surface area contributed by atoms with Gasteiger partial charge >= 0.3 is 0 Å². The van der Waals surface area contributed by atoms with Gasteiger partial charge in [0.25, 0.3) is 10.2 Å². The fraction of sp³-hybridized carbons (Fsp3) is 0.917. The summed E-state index contributed by atoms with van der Waals surface area (Å²) in [7, 11) is -3.33. The molecule has 7 nitrogen and oxygen atoms in total. The molecule has 4 N–H and O–H groups in total. The number of nitrogens with zero attached hydrogens (tertiary/aromatic N) is 2. The van der Waals surface area contributed by atoms with Gasteiger partial charge in [0.05, 0.1) is 6.54 Å². The highest BCUT2D eigenvalue weighted by Gasteiger charge is 2.28. The molecule has 8 heteroatoms. The standard InChI is InChI=1S/C12H25N5O2S/c13-12(14)10-16-8-4-11(5-9-16)15-20(18,19)17-6-2-1-3-7-17/h11,15H,1-10H2,(H3,13,14). The van der Waals surface area contributed by atoms with Crippen LogP contribution in [0.25, 0.3) is 0 Å². The lowest BCUT2D eigenvalue weighted by atomic mass is 10.1. The van der Waals surface area contributed by atoms with Crippen LogP contribution in [0.1, 0.15) is 32.1 Å². The Kier molecular flexibility index (Phi) is 5.36. The first kappa shape index (κ1) is 15.7. The van der Waals surface area contributed by atoms with E-state index in [4.69, 9.17) is 11.1 Å². The smallest absolute Gasteiger partial charge is 0.279 e. The van der Waals surface area contributed by atoms with E-state index in [2.05, 4.69) is 9.62 Å². The largest absolute Gasteiger partial charge is 0.387 e. The van der Waals surface area contributed by atoms with Crippen LogP contribution in [0.15, 0.2) is 0 Å². The normalized spacial score (nSPS) is 23.8. The van der Waals surface area contributed by atoms with Crippen molar-refractivity contribution in [2.24, 2.45) is 5.73 Å². The molecule has 116 valence electrons. The van der Waals surface area contributed by atoms with E-state index in [1.807, 2.05) is 0 Å². The Bertz CT molecular complexity index is 425. The molecule has 0 atom stereocenters. The van der Waals surface area contributed by atoms with E-state index in [0.717, 1.165) is 45.2 Å². The van der Waals surface area contributed by atoms with Crippen molar-refractivity contribution in [3.05, 3.63) is 0 Å². The molecule has 20 heavy (non-hydrogen) atoms. The fourth-order valence-corrected chi connectivity index (χ4v) is 4.39. The third kappa shape index (κ3) is 4.41. The van der Waals surface area contributed by atoms with Crippen LogP contribution in [0.4, 0.5) is 0 Å². The minimum atomic E-state index is -3.33. The van der Waals surface area contributed by atoms with Crippen molar-refractivity contribution >= 4 is 16.0 Å². The highest BCUT2D eigenvalue weighted by molar-refractivity contribution is 7.87. The Morgan fingerprint density at radius 3 is 2.30 bits per heavy atom. The Morgan fingerprint density at radius 2 is 1.75 bits per heavy atom. The molecule has 0 unspecified atom stereocenters. The van der Waals surface area contributed by atoms with E-state index in [0.29, 0.717) is 19.6 Å². The van der Waals surface area contributed by atoms with Gasteiger partial charge in [0.1, 0.15) is 5.84 Å². The summed E-state index contributed by atoms with van der Waals surface area (Å²) in [5.41, 5.74) is 5.38. The summed E-state index contributed by atoms with van der Waals surface area (Å²) in [6, 6.07) is 0.00475. The lowest BCUT2D eigenvalue weighted by molar-refractivity contribution is 0.228. The second-order valence-electron chi connectivity index (χ2n) is 5.66. The maximum atomic E-state index is 12.3. The number of amidine groups is 1. The van der Waals surface area contributed by atoms with Crippen LogP contribution < -0.4 is 10.5 Å². The monoisotopic (exact) mass is 303 g/mol. The van der Waals surface area contributed by atoms with Crippen LogP contribution in [-0.2, 0) is 10.2 Å². The molecule has 2 aliphatic rings.